The summed E-state index contributed by atoms with van der Waals surface area (Å²) in [6, 6.07) is 0.00375. The smallest absolute Gasteiger partial charge is 0.159 e. The molecule has 0 bridgehead atoms. The van der Waals surface area contributed by atoms with Crippen LogP contribution in [0.3, 0.4) is 0 Å². The number of thioether (sulfide) groups is 1. The molecule has 0 aromatic heterocycles. The molecule has 2 rings (SSSR count). The van der Waals surface area contributed by atoms with E-state index >= 15 is 0 Å². The molecular weight excluding hydrogens is 228 g/mol. The van der Waals surface area contributed by atoms with E-state index in [1.54, 1.807) is 6.92 Å². The monoisotopic (exact) mass is 246 g/mol. The number of aliphatic hydroxyl groups is 2. The maximum absolute atomic E-state index is 9.82. The Kier molecular flexibility index (Phi) is 3.73. The molecule has 0 aliphatic carbocycles. The molecule has 0 aromatic carbocycles. The first-order chi connectivity index (χ1) is 7.61. The SMILES string of the molecule is CCNC1=N[C@@H]2C[C@H](O)[C@@H](C(C)O)O[C@@H]2S1. The molecule has 16 heavy (non-hydrogen) atoms. The molecule has 0 amide bonds. The fourth-order valence-electron chi connectivity index (χ4n) is 2.01. The van der Waals surface area contributed by atoms with E-state index in [0.717, 1.165) is 11.7 Å². The minimum Gasteiger partial charge on any atom is -0.391 e. The number of aliphatic hydroxyl groups excluding tert-OH is 2. The molecule has 92 valence electrons. The Hall–Kier alpha value is -0.300. The highest BCUT2D eigenvalue weighted by Gasteiger charge is 2.43. The van der Waals surface area contributed by atoms with Crippen LogP contribution >= 0.6 is 11.8 Å². The van der Waals surface area contributed by atoms with Crippen LogP contribution in [0.25, 0.3) is 0 Å². The van der Waals surface area contributed by atoms with E-state index < -0.39 is 18.3 Å². The van der Waals surface area contributed by atoms with Crippen molar-refractivity contribution in [2.45, 2.75) is 50.1 Å². The lowest BCUT2D eigenvalue weighted by Gasteiger charge is -2.35. The summed E-state index contributed by atoms with van der Waals surface area (Å²) in [7, 11) is 0. The quantitative estimate of drug-likeness (QED) is 0.636. The molecule has 0 aromatic rings. The molecule has 3 N–H and O–H groups in total. The number of nitrogens with one attached hydrogen (secondary N) is 1. The third kappa shape index (κ3) is 2.34. The van der Waals surface area contributed by atoms with Crippen molar-refractivity contribution >= 4 is 16.9 Å². The molecule has 2 heterocycles. The van der Waals surface area contributed by atoms with Gasteiger partial charge in [0, 0.05) is 13.0 Å². The predicted octanol–water partition coefficient (Wildman–Crippen LogP) is -0.0760. The number of nitrogens with zero attached hydrogens (tertiary/aromatic N) is 1. The Morgan fingerprint density at radius 3 is 3.06 bits per heavy atom. The standard InChI is InChI=1S/C10H18N2O3S/c1-3-11-10-12-6-4-7(14)8(5(2)13)15-9(6)16-10/h5-9,13-14H,3-4H2,1-2H3,(H,11,12)/t5?,6-,7+,8-,9-/m1/s1. The minimum atomic E-state index is -0.653. The van der Waals surface area contributed by atoms with E-state index in [1.165, 1.54) is 11.8 Å². The van der Waals surface area contributed by atoms with Crippen molar-refractivity contribution in [2.24, 2.45) is 4.99 Å². The largest absolute Gasteiger partial charge is 0.391 e. The molecule has 0 spiro atoms. The molecule has 1 unspecified atom stereocenters. The van der Waals surface area contributed by atoms with Crippen LogP contribution in [-0.2, 0) is 4.74 Å². The van der Waals surface area contributed by atoms with Crippen LogP contribution in [-0.4, -0.2) is 51.7 Å². The Morgan fingerprint density at radius 1 is 1.69 bits per heavy atom. The predicted molar refractivity (Wildman–Crippen MR) is 63.5 cm³/mol. The van der Waals surface area contributed by atoms with E-state index in [0.29, 0.717) is 6.42 Å². The average molecular weight is 246 g/mol. The Bertz CT molecular complexity index is 285. The zero-order valence-electron chi connectivity index (χ0n) is 9.46. The van der Waals surface area contributed by atoms with Crippen LogP contribution in [0.1, 0.15) is 20.3 Å². The van der Waals surface area contributed by atoms with Gasteiger partial charge in [0.2, 0.25) is 0 Å². The fraction of sp³-hybridized carbons (Fsp3) is 0.900. The Labute approximate surface area is 99.3 Å². The highest BCUT2D eigenvalue weighted by molar-refractivity contribution is 8.14. The summed E-state index contributed by atoms with van der Waals surface area (Å²) in [6.07, 6.45) is -1.22. The normalized spacial score (nSPS) is 40.1. The van der Waals surface area contributed by atoms with E-state index in [1.807, 2.05) is 6.92 Å². The number of rotatable bonds is 2. The third-order valence-electron chi connectivity index (χ3n) is 2.78. The zero-order chi connectivity index (χ0) is 11.7. The first-order valence-electron chi connectivity index (χ1n) is 5.61. The molecule has 2 aliphatic heterocycles. The lowest BCUT2D eigenvalue weighted by molar-refractivity contribution is -0.136. The van der Waals surface area contributed by atoms with Gasteiger partial charge in [0.15, 0.2) is 5.17 Å². The summed E-state index contributed by atoms with van der Waals surface area (Å²) < 4.78 is 5.67. The van der Waals surface area contributed by atoms with Gasteiger partial charge >= 0.3 is 0 Å². The van der Waals surface area contributed by atoms with Crippen molar-refractivity contribution in [1.82, 2.24) is 5.32 Å². The summed E-state index contributed by atoms with van der Waals surface area (Å²) in [5.41, 5.74) is -0.0722. The summed E-state index contributed by atoms with van der Waals surface area (Å²) in [5, 5.41) is 23.3. The molecule has 5 nitrogen and oxygen atoms in total. The molecular formula is C10H18N2O3S. The van der Waals surface area contributed by atoms with Crippen LogP contribution in [0.5, 0.6) is 0 Å². The van der Waals surface area contributed by atoms with E-state index in [2.05, 4.69) is 10.3 Å². The summed E-state index contributed by atoms with van der Waals surface area (Å²) in [5.74, 6) is 0. The van der Waals surface area contributed by atoms with Crippen LogP contribution in [0.15, 0.2) is 4.99 Å². The number of ether oxygens (including phenoxy) is 1. The Morgan fingerprint density at radius 2 is 2.44 bits per heavy atom. The fourth-order valence-corrected chi connectivity index (χ4v) is 3.17. The molecule has 1 fully saturated rings. The third-order valence-corrected chi connectivity index (χ3v) is 3.91. The highest BCUT2D eigenvalue weighted by atomic mass is 32.2. The van der Waals surface area contributed by atoms with Gasteiger partial charge in [0.05, 0.1) is 18.2 Å². The molecule has 1 saturated heterocycles. The molecule has 2 aliphatic rings. The van der Waals surface area contributed by atoms with Crippen LogP contribution in [0, 0.1) is 0 Å². The second-order valence-corrected chi connectivity index (χ2v) is 5.25. The van der Waals surface area contributed by atoms with Crippen molar-refractivity contribution in [2.75, 3.05) is 6.54 Å². The van der Waals surface area contributed by atoms with Crippen LogP contribution in [0.2, 0.25) is 0 Å². The molecule has 6 heteroatoms. The minimum absolute atomic E-state index is 0.00375. The maximum Gasteiger partial charge on any atom is 0.159 e. The second-order valence-electron chi connectivity index (χ2n) is 4.16. The average Bonchev–Trinajstić information content (AvgIpc) is 2.58. The van der Waals surface area contributed by atoms with E-state index in [9.17, 15) is 10.2 Å². The summed E-state index contributed by atoms with van der Waals surface area (Å²) in [4.78, 5) is 4.45. The van der Waals surface area contributed by atoms with Gasteiger partial charge in [-0.3, -0.25) is 4.99 Å². The topological polar surface area (TPSA) is 74.1 Å². The number of hydrogen-bond donors (Lipinski definition) is 3. The Balaban J connectivity index is 1.99. The summed E-state index contributed by atoms with van der Waals surface area (Å²) >= 11 is 1.54. The van der Waals surface area contributed by atoms with Gasteiger partial charge in [-0.05, 0) is 13.8 Å². The van der Waals surface area contributed by atoms with E-state index in [-0.39, 0.29) is 11.5 Å². The molecule has 0 radical (unpaired) electrons. The molecule has 0 saturated carbocycles. The second kappa shape index (κ2) is 4.91. The van der Waals surface area contributed by atoms with Crippen molar-refractivity contribution in [1.29, 1.82) is 0 Å². The van der Waals surface area contributed by atoms with E-state index in [4.69, 9.17) is 4.74 Å². The van der Waals surface area contributed by atoms with Crippen molar-refractivity contribution in [3.63, 3.8) is 0 Å². The van der Waals surface area contributed by atoms with Gasteiger partial charge in [0.25, 0.3) is 0 Å². The van der Waals surface area contributed by atoms with Gasteiger partial charge in [0.1, 0.15) is 11.5 Å². The maximum atomic E-state index is 9.82. The van der Waals surface area contributed by atoms with Gasteiger partial charge in [-0.25, -0.2) is 0 Å². The number of amidine groups is 1. The lowest BCUT2D eigenvalue weighted by atomic mass is 9.99. The van der Waals surface area contributed by atoms with Crippen molar-refractivity contribution < 1.29 is 14.9 Å². The van der Waals surface area contributed by atoms with Crippen molar-refractivity contribution in [3.8, 4) is 0 Å². The van der Waals surface area contributed by atoms with Crippen molar-refractivity contribution in [3.05, 3.63) is 0 Å². The zero-order valence-corrected chi connectivity index (χ0v) is 10.3. The van der Waals surface area contributed by atoms with Gasteiger partial charge in [-0.15, -0.1) is 0 Å². The van der Waals surface area contributed by atoms with Crippen LogP contribution in [0.4, 0.5) is 0 Å². The van der Waals surface area contributed by atoms with Gasteiger partial charge in [-0.1, -0.05) is 11.8 Å². The lowest BCUT2D eigenvalue weighted by Crippen LogP contribution is -2.48. The first-order valence-corrected chi connectivity index (χ1v) is 6.49. The van der Waals surface area contributed by atoms with Gasteiger partial charge in [-0.2, -0.15) is 0 Å². The summed E-state index contributed by atoms with van der Waals surface area (Å²) in [6.45, 7) is 4.48. The number of hydrogen-bond acceptors (Lipinski definition) is 6. The van der Waals surface area contributed by atoms with Crippen LogP contribution < -0.4 is 5.32 Å². The number of aliphatic imine (C=N–C) groups is 1. The molecule has 5 atom stereocenters. The van der Waals surface area contributed by atoms with Gasteiger partial charge < -0.3 is 20.3 Å². The number of fused-ring (bicyclic) bond motifs is 1. The highest BCUT2D eigenvalue weighted by Crippen LogP contribution is 2.36. The first kappa shape index (κ1) is 12.2.